The summed E-state index contributed by atoms with van der Waals surface area (Å²) in [6, 6.07) is 23.6. The number of aromatic hydroxyl groups is 1. The molecule has 0 heterocycles. The van der Waals surface area contributed by atoms with Gasteiger partial charge in [-0.2, -0.15) is 0 Å². The summed E-state index contributed by atoms with van der Waals surface area (Å²) in [4.78, 5) is 14.3. The molecule has 0 fully saturated rings. The highest BCUT2D eigenvalue weighted by Crippen LogP contribution is 2.26. The van der Waals surface area contributed by atoms with E-state index >= 15 is 0 Å². The number of nitrogens with zero attached hydrogens (tertiary/aromatic N) is 1. The molecule has 0 radical (unpaired) electrons. The number of phenolic OH excluding ortho intramolecular Hbond substituents is 1. The van der Waals surface area contributed by atoms with Gasteiger partial charge in [0.2, 0.25) is 0 Å². The third kappa shape index (κ3) is 4.79. The van der Waals surface area contributed by atoms with Crippen LogP contribution in [0.15, 0.2) is 78.9 Å². The molecular weight excluding hydrogens is 342 g/mol. The molecule has 5 heteroatoms. The van der Waals surface area contributed by atoms with Crippen LogP contribution in [0.1, 0.15) is 11.1 Å². The number of rotatable bonds is 6. The Balaban J connectivity index is 1.84. The zero-order chi connectivity index (χ0) is 19.1. The van der Waals surface area contributed by atoms with Crippen molar-refractivity contribution in [1.29, 1.82) is 0 Å². The van der Waals surface area contributed by atoms with E-state index in [1.165, 1.54) is 4.90 Å². The number of ether oxygens (including phenoxy) is 2. The lowest BCUT2D eigenvalue weighted by atomic mass is 10.1. The third-order valence-electron chi connectivity index (χ3n) is 4.11. The minimum Gasteiger partial charge on any atom is -0.508 e. The van der Waals surface area contributed by atoms with Gasteiger partial charge in [-0.15, -0.1) is 0 Å². The van der Waals surface area contributed by atoms with E-state index in [1.807, 2.05) is 36.4 Å². The Labute approximate surface area is 158 Å². The van der Waals surface area contributed by atoms with Crippen LogP contribution in [0.5, 0.6) is 11.5 Å². The monoisotopic (exact) mass is 363 g/mol. The minimum atomic E-state index is -0.504. The van der Waals surface area contributed by atoms with E-state index < -0.39 is 6.09 Å². The summed E-state index contributed by atoms with van der Waals surface area (Å²) >= 11 is 0. The first-order chi connectivity index (χ1) is 13.2. The van der Waals surface area contributed by atoms with Gasteiger partial charge in [0.25, 0.3) is 0 Å². The van der Waals surface area contributed by atoms with Crippen LogP contribution in [-0.4, -0.2) is 18.3 Å². The van der Waals surface area contributed by atoms with Crippen LogP contribution in [0.4, 0.5) is 10.5 Å². The fourth-order valence-electron chi connectivity index (χ4n) is 2.65. The van der Waals surface area contributed by atoms with E-state index in [4.69, 9.17) is 9.47 Å². The summed E-state index contributed by atoms with van der Waals surface area (Å²) in [6.45, 7) is 0.342. The van der Waals surface area contributed by atoms with Gasteiger partial charge in [0.05, 0.1) is 19.3 Å². The maximum atomic E-state index is 12.8. The number of amides is 1. The zero-order valence-corrected chi connectivity index (χ0v) is 15.0. The lowest BCUT2D eigenvalue weighted by Crippen LogP contribution is -2.31. The molecule has 0 aliphatic carbocycles. The van der Waals surface area contributed by atoms with Crippen LogP contribution in [0.3, 0.4) is 0 Å². The second kappa shape index (κ2) is 8.76. The van der Waals surface area contributed by atoms with Crippen molar-refractivity contribution in [2.24, 2.45) is 0 Å². The maximum absolute atomic E-state index is 12.8. The Bertz CT molecular complexity index is 896. The Morgan fingerprint density at radius 1 is 0.963 bits per heavy atom. The SMILES string of the molecule is COc1cccc(N(Cc2ccccc2O)C(=O)OCc2ccccc2)c1. The highest BCUT2D eigenvalue weighted by Gasteiger charge is 2.20. The van der Waals surface area contributed by atoms with Crippen LogP contribution >= 0.6 is 0 Å². The largest absolute Gasteiger partial charge is 0.508 e. The van der Waals surface area contributed by atoms with E-state index in [1.54, 1.807) is 49.6 Å². The molecule has 0 aliphatic rings. The number of anilines is 1. The molecule has 0 unspecified atom stereocenters. The van der Waals surface area contributed by atoms with Gasteiger partial charge < -0.3 is 14.6 Å². The predicted molar refractivity (Wildman–Crippen MR) is 104 cm³/mol. The second-order valence-electron chi connectivity index (χ2n) is 5.96. The Hall–Kier alpha value is -3.47. The lowest BCUT2D eigenvalue weighted by molar-refractivity contribution is 0.146. The topological polar surface area (TPSA) is 59.0 Å². The molecule has 5 nitrogen and oxygen atoms in total. The first-order valence-electron chi connectivity index (χ1n) is 8.56. The van der Waals surface area contributed by atoms with E-state index in [-0.39, 0.29) is 18.9 Å². The second-order valence-corrected chi connectivity index (χ2v) is 5.96. The van der Waals surface area contributed by atoms with E-state index in [2.05, 4.69) is 0 Å². The molecule has 0 atom stereocenters. The smallest absolute Gasteiger partial charge is 0.414 e. The van der Waals surface area contributed by atoms with Crippen molar-refractivity contribution in [3.63, 3.8) is 0 Å². The van der Waals surface area contributed by atoms with Crippen molar-refractivity contribution in [2.45, 2.75) is 13.2 Å². The number of carbonyl (C=O) groups excluding carboxylic acids is 1. The molecule has 0 bridgehead atoms. The summed E-state index contributed by atoms with van der Waals surface area (Å²) in [7, 11) is 1.57. The molecule has 0 spiro atoms. The number of methoxy groups -OCH3 is 1. The molecule has 0 aromatic heterocycles. The lowest BCUT2D eigenvalue weighted by Gasteiger charge is -2.23. The average Bonchev–Trinajstić information content (AvgIpc) is 2.72. The van der Waals surface area contributed by atoms with Gasteiger partial charge in [-0.3, -0.25) is 4.90 Å². The van der Waals surface area contributed by atoms with Gasteiger partial charge >= 0.3 is 6.09 Å². The summed E-state index contributed by atoms with van der Waals surface area (Å²) in [5.74, 6) is 0.756. The Morgan fingerprint density at radius 2 is 1.70 bits per heavy atom. The van der Waals surface area contributed by atoms with Crippen LogP contribution in [-0.2, 0) is 17.9 Å². The first-order valence-corrected chi connectivity index (χ1v) is 8.56. The predicted octanol–water partition coefficient (Wildman–Crippen LogP) is 4.74. The van der Waals surface area contributed by atoms with E-state index in [0.29, 0.717) is 17.0 Å². The van der Waals surface area contributed by atoms with Crippen molar-refractivity contribution >= 4 is 11.8 Å². The summed E-state index contributed by atoms with van der Waals surface area (Å²) < 4.78 is 10.8. The molecule has 1 N–H and O–H groups in total. The molecule has 138 valence electrons. The van der Waals surface area contributed by atoms with E-state index in [0.717, 1.165) is 5.56 Å². The number of carbonyl (C=O) groups is 1. The van der Waals surface area contributed by atoms with Crippen molar-refractivity contribution in [2.75, 3.05) is 12.0 Å². The van der Waals surface area contributed by atoms with Gasteiger partial charge in [0.1, 0.15) is 18.1 Å². The van der Waals surface area contributed by atoms with Gasteiger partial charge in [-0.25, -0.2) is 4.79 Å². The van der Waals surface area contributed by atoms with Gasteiger partial charge in [-0.1, -0.05) is 54.6 Å². The molecule has 3 aromatic carbocycles. The molecule has 27 heavy (non-hydrogen) atoms. The van der Waals surface area contributed by atoms with Gasteiger partial charge in [0.15, 0.2) is 0 Å². The molecule has 0 saturated carbocycles. The standard InChI is InChI=1S/C22H21NO4/c1-26-20-12-7-11-19(14-20)23(15-18-10-5-6-13-21(18)24)22(25)27-16-17-8-3-2-4-9-17/h2-14,24H,15-16H2,1H3. The molecule has 3 aromatic rings. The zero-order valence-electron chi connectivity index (χ0n) is 15.0. The summed E-state index contributed by atoms with van der Waals surface area (Å²) in [5.41, 5.74) is 2.15. The minimum absolute atomic E-state index is 0.126. The quantitative estimate of drug-likeness (QED) is 0.687. The van der Waals surface area contributed by atoms with Crippen LogP contribution in [0, 0.1) is 0 Å². The van der Waals surface area contributed by atoms with Crippen LogP contribution in [0.25, 0.3) is 0 Å². The van der Waals surface area contributed by atoms with Crippen LogP contribution < -0.4 is 9.64 Å². The number of hydrogen-bond donors (Lipinski definition) is 1. The Morgan fingerprint density at radius 3 is 2.44 bits per heavy atom. The number of phenols is 1. The van der Waals surface area contributed by atoms with Gasteiger partial charge in [-0.05, 0) is 23.8 Å². The number of para-hydroxylation sites is 1. The van der Waals surface area contributed by atoms with Crippen molar-refractivity contribution in [3.8, 4) is 11.5 Å². The average molecular weight is 363 g/mol. The van der Waals surface area contributed by atoms with E-state index in [9.17, 15) is 9.90 Å². The molecular formula is C22H21NO4. The molecule has 3 rings (SSSR count). The highest BCUT2D eigenvalue weighted by atomic mass is 16.6. The molecule has 0 saturated heterocycles. The Kier molecular flexibility index (Phi) is 5.94. The van der Waals surface area contributed by atoms with Crippen molar-refractivity contribution in [3.05, 3.63) is 90.0 Å². The van der Waals surface area contributed by atoms with Crippen molar-refractivity contribution < 1.29 is 19.4 Å². The fourth-order valence-corrected chi connectivity index (χ4v) is 2.65. The molecule has 1 amide bonds. The summed E-state index contributed by atoms with van der Waals surface area (Å²) in [6.07, 6.45) is -0.504. The number of benzene rings is 3. The van der Waals surface area contributed by atoms with Crippen molar-refractivity contribution in [1.82, 2.24) is 0 Å². The van der Waals surface area contributed by atoms with Crippen LogP contribution in [0.2, 0.25) is 0 Å². The third-order valence-corrected chi connectivity index (χ3v) is 4.11. The normalized spacial score (nSPS) is 10.3. The molecule has 0 aliphatic heterocycles. The summed E-state index contributed by atoms with van der Waals surface area (Å²) in [5, 5.41) is 10.1. The fraction of sp³-hybridized carbons (Fsp3) is 0.136. The number of hydrogen-bond acceptors (Lipinski definition) is 4. The van der Waals surface area contributed by atoms with Gasteiger partial charge in [0, 0.05) is 11.6 Å². The first kappa shape index (κ1) is 18.3. The highest BCUT2D eigenvalue weighted by molar-refractivity contribution is 5.88. The maximum Gasteiger partial charge on any atom is 0.414 e.